The predicted molar refractivity (Wildman–Crippen MR) is 103 cm³/mol. The summed E-state index contributed by atoms with van der Waals surface area (Å²) >= 11 is 13.5. The molecule has 1 aliphatic heterocycles. The number of phenols is 1. The van der Waals surface area contributed by atoms with Crippen LogP contribution in [-0.4, -0.2) is 27.6 Å². The summed E-state index contributed by atoms with van der Waals surface area (Å²) in [7, 11) is 0. The Kier molecular flexibility index (Phi) is 5.63. The molecular formula is C17H13Cl2N3O2S. The van der Waals surface area contributed by atoms with Gasteiger partial charge < -0.3 is 10.4 Å². The Bertz CT molecular complexity index is 853. The summed E-state index contributed by atoms with van der Waals surface area (Å²) in [6, 6.07) is 11.9. The fourth-order valence-corrected chi connectivity index (χ4v) is 3.55. The number of aromatic hydroxyl groups is 1. The molecule has 0 radical (unpaired) electrons. The fraction of sp³-hybridized carbons (Fsp3) is 0.118. The van der Waals surface area contributed by atoms with Crippen molar-refractivity contribution in [2.24, 2.45) is 10.2 Å². The second kappa shape index (κ2) is 7.91. The van der Waals surface area contributed by atoms with Crippen LogP contribution in [0.2, 0.25) is 10.0 Å². The first-order chi connectivity index (χ1) is 12.0. The van der Waals surface area contributed by atoms with E-state index in [1.54, 1.807) is 42.6 Å². The first-order valence-corrected chi connectivity index (χ1v) is 8.97. The molecule has 25 heavy (non-hydrogen) atoms. The van der Waals surface area contributed by atoms with Crippen molar-refractivity contribution < 1.29 is 9.90 Å². The molecule has 1 saturated heterocycles. The van der Waals surface area contributed by atoms with E-state index in [1.807, 2.05) is 6.07 Å². The number of amides is 1. The molecule has 1 amide bonds. The zero-order valence-electron chi connectivity index (χ0n) is 12.8. The second-order valence-electron chi connectivity index (χ2n) is 5.25. The number of carbonyl (C=O) groups is 1. The van der Waals surface area contributed by atoms with Crippen molar-refractivity contribution in [2.75, 3.05) is 0 Å². The van der Waals surface area contributed by atoms with E-state index in [-0.39, 0.29) is 16.9 Å². The number of hydrogen-bond acceptors (Lipinski definition) is 5. The number of nitrogens with one attached hydrogen (secondary N) is 1. The number of hydrogen-bond donors (Lipinski definition) is 2. The van der Waals surface area contributed by atoms with Gasteiger partial charge in [-0.3, -0.25) is 4.79 Å². The molecule has 1 aliphatic rings. The first-order valence-electron chi connectivity index (χ1n) is 7.33. The predicted octanol–water partition coefficient (Wildman–Crippen LogP) is 3.86. The van der Waals surface area contributed by atoms with Gasteiger partial charge in [0, 0.05) is 0 Å². The minimum absolute atomic E-state index is 0.139. The van der Waals surface area contributed by atoms with Crippen LogP contribution in [0.3, 0.4) is 0 Å². The van der Waals surface area contributed by atoms with Crippen molar-refractivity contribution >= 4 is 52.3 Å². The van der Waals surface area contributed by atoms with E-state index in [2.05, 4.69) is 15.5 Å². The van der Waals surface area contributed by atoms with E-state index in [4.69, 9.17) is 23.2 Å². The number of nitrogens with zero attached hydrogens (tertiary/aromatic N) is 2. The highest BCUT2D eigenvalue weighted by Gasteiger charge is 2.31. The number of phenolic OH excluding ortho intramolecular Hbond substituents is 1. The van der Waals surface area contributed by atoms with Crippen molar-refractivity contribution in [3.8, 4) is 5.75 Å². The molecule has 2 N–H and O–H groups in total. The van der Waals surface area contributed by atoms with Crippen LogP contribution in [0.25, 0.3) is 0 Å². The van der Waals surface area contributed by atoms with Crippen LogP contribution >= 0.6 is 35.0 Å². The standard InChI is InChI=1S/C17H13Cl2N3O2S/c18-13-3-1-2-11(15(13)19)8-14-16(24)21-17(25-14)22-20-9-10-4-6-12(23)7-5-10/h1-7,9,14,23H,8H2,(H,21,22,24)/b20-9+/t14-/m0/s1. The van der Waals surface area contributed by atoms with Crippen molar-refractivity contribution in [1.82, 2.24) is 5.32 Å². The van der Waals surface area contributed by atoms with Gasteiger partial charge in [0.15, 0.2) is 5.17 Å². The molecule has 0 spiro atoms. The third kappa shape index (κ3) is 4.54. The Morgan fingerprint density at radius 2 is 1.96 bits per heavy atom. The summed E-state index contributed by atoms with van der Waals surface area (Å²) in [5.41, 5.74) is 1.61. The van der Waals surface area contributed by atoms with Crippen molar-refractivity contribution in [2.45, 2.75) is 11.7 Å². The number of amidine groups is 1. The van der Waals surface area contributed by atoms with Gasteiger partial charge in [-0.05, 0) is 47.9 Å². The highest BCUT2D eigenvalue weighted by Crippen LogP contribution is 2.30. The molecule has 1 atom stereocenters. The van der Waals surface area contributed by atoms with E-state index in [9.17, 15) is 9.90 Å². The summed E-state index contributed by atoms with van der Waals surface area (Å²) in [5, 5.41) is 20.9. The summed E-state index contributed by atoms with van der Waals surface area (Å²) in [6.45, 7) is 0. The average Bonchev–Trinajstić information content (AvgIpc) is 2.93. The maximum atomic E-state index is 12.1. The third-order valence-corrected chi connectivity index (χ3v) is 5.39. The van der Waals surface area contributed by atoms with Crippen LogP contribution in [0.1, 0.15) is 11.1 Å². The Hall–Kier alpha value is -2.02. The zero-order chi connectivity index (χ0) is 17.8. The highest BCUT2D eigenvalue weighted by atomic mass is 35.5. The molecule has 0 unspecified atom stereocenters. The number of carbonyl (C=O) groups excluding carboxylic acids is 1. The smallest absolute Gasteiger partial charge is 0.239 e. The number of thioether (sulfide) groups is 1. The quantitative estimate of drug-likeness (QED) is 0.611. The van der Waals surface area contributed by atoms with Crippen LogP contribution in [0.15, 0.2) is 52.7 Å². The molecule has 0 bridgehead atoms. The lowest BCUT2D eigenvalue weighted by atomic mass is 10.1. The van der Waals surface area contributed by atoms with E-state index >= 15 is 0 Å². The second-order valence-corrected chi connectivity index (χ2v) is 7.23. The van der Waals surface area contributed by atoms with Gasteiger partial charge in [-0.1, -0.05) is 47.1 Å². The lowest BCUT2D eigenvalue weighted by Crippen LogP contribution is -2.26. The summed E-state index contributed by atoms with van der Waals surface area (Å²) in [6.07, 6.45) is 2.00. The summed E-state index contributed by atoms with van der Waals surface area (Å²) in [5.74, 6) is 0.0456. The van der Waals surface area contributed by atoms with E-state index in [0.717, 1.165) is 11.1 Å². The van der Waals surface area contributed by atoms with Crippen molar-refractivity contribution in [3.05, 3.63) is 63.6 Å². The van der Waals surface area contributed by atoms with Gasteiger partial charge in [0.2, 0.25) is 5.91 Å². The molecule has 0 aliphatic carbocycles. The maximum absolute atomic E-state index is 12.1. The number of rotatable bonds is 4. The molecule has 1 fully saturated rings. The molecule has 0 saturated carbocycles. The maximum Gasteiger partial charge on any atom is 0.239 e. The minimum Gasteiger partial charge on any atom is -0.508 e. The third-order valence-electron chi connectivity index (χ3n) is 3.46. The summed E-state index contributed by atoms with van der Waals surface area (Å²) < 4.78 is 0. The van der Waals surface area contributed by atoms with Gasteiger partial charge in [0.1, 0.15) is 5.75 Å². The highest BCUT2D eigenvalue weighted by molar-refractivity contribution is 8.15. The molecule has 128 valence electrons. The Morgan fingerprint density at radius 3 is 2.72 bits per heavy atom. The van der Waals surface area contributed by atoms with Crippen LogP contribution in [0.5, 0.6) is 5.75 Å². The normalized spacial score (nSPS) is 18.9. The molecule has 2 aromatic carbocycles. The van der Waals surface area contributed by atoms with E-state index < -0.39 is 0 Å². The Morgan fingerprint density at radius 1 is 1.20 bits per heavy atom. The van der Waals surface area contributed by atoms with E-state index in [0.29, 0.717) is 21.6 Å². The molecule has 3 rings (SSSR count). The first kappa shape index (κ1) is 17.8. The lowest BCUT2D eigenvalue weighted by Gasteiger charge is -2.08. The monoisotopic (exact) mass is 393 g/mol. The minimum atomic E-state index is -0.335. The van der Waals surface area contributed by atoms with Gasteiger partial charge >= 0.3 is 0 Å². The van der Waals surface area contributed by atoms with Crippen LogP contribution in [-0.2, 0) is 11.2 Å². The van der Waals surface area contributed by atoms with E-state index in [1.165, 1.54) is 11.8 Å². The lowest BCUT2D eigenvalue weighted by molar-refractivity contribution is -0.118. The average molecular weight is 394 g/mol. The van der Waals surface area contributed by atoms with Gasteiger partial charge in [0.25, 0.3) is 0 Å². The Labute approximate surface area is 158 Å². The molecule has 1 heterocycles. The van der Waals surface area contributed by atoms with Crippen LogP contribution < -0.4 is 5.32 Å². The topological polar surface area (TPSA) is 74.0 Å². The van der Waals surface area contributed by atoms with Crippen molar-refractivity contribution in [1.29, 1.82) is 0 Å². The van der Waals surface area contributed by atoms with Gasteiger partial charge in [-0.15, -0.1) is 5.10 Å². The van der Waals surface area contributed by atoms with Gasteiger partial charge in [-0.2, -0.15) is 5.10 Å². The Balaban J connectivity index is 1.65. The SMILES string of the molecule is O=C1N/C(=N\N=C\c2ccc(O)cc2)S[C@H]1Cc1cccc(Cl)c1Cl. The summed E-state index contributed by atoms with van der Waals surface area (Å²) in [4.78, 5) is 12.1. The molecule has 5 nitrogen and oxygen atoms in total. The molecular weight excluding hydrogens is 381 g/mol. The van der Waals surface area contributed by atoms with Crippen LogP contribution in [0, 0.1) is 0 Å². The number of benzene rings is 2. The van der Waals surface area contributed by atoms with Gasteiger partial charge in [-0.25, -0.2) is 0 Å². The molecule has 2 aromatic rings. The largest absolute Gasteiger partial charge is 0.508 e. The van der Waals surface area contributed by atoms with Gasteiger partial charge in [0.05, 0.1) is 21.5 Å². The fourth-order valence-electron chi connectivity index (χ4n) is 2.20. The number of halogens is 2. The van der Waals surface area contributed by atoms with Crippen LogP contribution in [0.4, 0.5) is 0 Å². The zero-order valence-corrected chi connectivity index (χ0v) is 15.1. The molecule has 0 aromatic heterocycles. The molecule has 8 heteroatoms. The van der Waals surface area contributed by atoms with Crippen molar-refractivity contribution in [3.63, 3.8) is 0 Å².